The number of ether oxygens (including phenoxy) is 1. The number of sulfonamides is 1. The van der Waals surface area contributed by atoms with E-state index < -0.39 is 16.1 Å². The zero-order valence-electron chi connectivity index (χ0n) is 14.4. The zero-order chi connectivity index (χ0) is 18.9. The molecule has 0 aliphatic carbocycles. The summed E-state index contributed by atoms with van der Waals surface area (Å²) in [4.78, 5) is 14.2. The summed E-state index contributed by atoms with van der Waals surface area (Å²) in [6.07, 6.45) is 0.399. The van der Waals surface area contributed by atoms with E-state index >= 15 is 0 Å². The third kappa shape index (κ3) is 3.70. The van der Waals surface area contributed by atoms with Crippen LogP contribution in [0.1, 0.15) is 12.0 Å². The molecule has 3 rings (SSSR count). The summed E-state index contributed by atoms with van der Waals surface area (Å²) in [6.45, 7) is 2.42. The molecule has 138 valence electrons. The van der Waals surface area contributed by atoms with Gasteiger partial charge in [-0.25, -0.2) is 8.42 Å². The van der Waals surface area contributed by atoms with E-state index in [0.717, 1.165) is 11.3 Å². The van der Waals surface area contributed by atoms with E-state index in [9.17, 15) is 13.2 Å². The fraction of sp³-hybridized carbons (Fsp3) is 0.278. The molecule has 2 aromatic rings. The molecule has 0 spiro atoms. The molecule has 0 aromatic heterocycles. The Labute approximate surface area is 157 Å². The van der Waals surface area contributed by atoms with Crippen molar-refractivity contribution in [1.29, 1.82) is 0 Å². The maximum absolute atomic E-state index is 12.6. The van der Waals surface area contributed by atoms with Crippen LogP contribution >= 0.6 is 11.6 Å². The van der Waals surface area contributed by atoms with Crippen molar-refractivity contribution in [2.45, 2.75) is 24.3 Å². The van der Waals surface area contributed by atoms with Gasteiger partial charge in [0, 0.05) is 12.2 Å². The Morgan fingerprint density at radius 1 is 1.19 bits per heavy atom. The lowest BCUT2D eigenvalue weighted by atomic mass is 10.2. The number of anilines is 1. The first-order chi connectivity index (χ1) is 12.3. The topological polar surface area (TPSA) is 75.7 Å². The number of hydrogen-bond donors (Lipinski definition) is 1. The van der Waals surface area contributed by atoms with Crippen molar-refractivity contribution >= 4 is 33.2 Å². The molecule has 1 saturated heterocycles. The van der Waals surface area contributed by atoms with Crippen molar-refractivity contribution in [2.75, 3.05) is 18.6 Å². The first-order valence-corrected chi connectivity index (χ1v) is 9.92. The number of methoxy groups -OCH3 is 1. The molecule has 6 nitrogen and oxygen atoms in total. The number of hydrogen-bond acceptors (Lipinski definition) is 4. The van der Waals surface area contributed by atoms with Gasteiger partial charge in [-0.15, -0.1) is 0 Å². The average molecular weight is 395 g/mol. The van der Waals surface area contributed by atoms with Crippen molar-refractivity contribution in [2.24, 2.45) is 0 Å². The molecule has 1 atom stereocenters. The highest BCUT2D eigenvalue weighted by Crippen LogP contribution is 2.28. The molecule has 1 aliphatic rings. The maximum atomic E-state index is 12.6. The summed E-state index contributed by atoms with van der Waals surface area (Å²) >= 11 is 6.00. The summed E-state index contributed by atoms with van der Waals surface area (Å²) in [5.74, 6) is 0.116. The summed E-state index contributed by atoms with van der Waals surface area (Å²) in [5.41, 5.74) is 1.85. The standard InChI is InChI=1S/C18H19ClN2O4S/c1-12-3-5-13(6-4-12)21-10-9-16(18(21)22)20-26(23,24)14-7-8-17(25-2)15(19)11-14/h3-8,11,16,20H,9-10H2,1-2H3. The second kappa shape index (κ2) is 7.26. The van der Waals surface area contributed by atoms with Crippen LogP contribution in [-0.2, 0) is 14.8 Å². The Bertz CT molecular complexity index is 929. The molecule has 1 aliphatic heterocycles. The molecule has 2 aromatic carbocycles. The fourth-order valence-electron chi connectivity index (χ4n) is 2.84. The number of nitrogens with zero attached hydrogens (tertiary/aromatic N) is 1. The maximum Gasteiger partial charge on any atom is 0.245 e. The van der Waals surface area contributed by atoms with E-state index in [2.05, 4.69) is 4.72 Å². The second-order valence-corrected chi connectivity index (χ2v) is 8.21. The number of rotatable bonds is 5. The van der Waals surface area contributed by atoms with Crippen LogP contribution in [-0.4, -0.2) is 34.0 Å². The Morgan fingerprint density at radius 3 is 2.50 bits per heavy atom. The Balaban J connectivity index is 1.77. The van der Waals surface area contributed by atoms with Gasteiger partial charge in [-0.2, -0.15) is 4.72 Å². The van der Waals surface area contributed by atoms with Crippen molar-refractivity contribution in [1.82, 2.24) is 4.72 Å². The van der Waals surface area contributed by atoms with E-state index in [1.807, 2.05) is 31.2 Å². The number of carbonyl (C=O) groups excluding carboxylic acids is 1. The lowest BCUT2D eigenvalue weighted by Crippen LogP contribution is -2.41. The normalized spacial score (nSPS) is 17.6. The number of aryl methyl sites for hydroxylation is 1. The second-order valence-electron chi connectivity index (χ2n) is 6.08. The number of nitrogens with one attached hydrogen (secondary N) is 1. The van der Waals surface area contributed by atoms with E-state index in [-0.39, 0.29) is 15.8 Å². The largest absolute Gasteiger partial charge is 0.495 e. The van der Waals surface area contributed by atoms with Gasteiger partial charge in [0.15, 0.2) is 0 Å². The van der Waals surface area contributed by atoms with Crippen LogP contribution in [0.15, 0.2) is 47.4 Å². The molecule has 1 heterocycles. The van der Waals surface area contributed by atoms with Gasteiger partial charge in [-0.05, 0) is 43.7 Å². The molecular formula is C18H19ClN2O4S. The third-order valence-corrected chi connectivity index (χ3v) is 6.05. The summed E-state index contributed by atoms with van der Waals surface area (Å²) in [6, 6.07) is 10.9. The average Bonchev–Trinajstić information content (AvgIpc) is 2.96. The molecule has 1 N–H and O–H groups in total. The van der Waals surface area contributed by atoms with E-state index in [1.54, 1.807) is 4.90 Å². The Morgan fingerprint density at radius 2 is 1.88 bits per heavy atom. The van der Waals surface area contributed by atoms with E-state index in [4.69, 9.17) is 16.3 Å². The van der Waals surface area contributed by atoms with Gasteiger partial charge in [0.2, 0.25) is 15.9 Å². The molecule has 1 amide bonds. The van der Waals surface area contributed by atoms with Crippen LogP contribution in [0.4, 0.5) is 5.69 Å². The smallest absolute Gasteiger partial charge is 0.245 e. The van der Waals surface area contributed by atoms with Crippen molar-refractivity contribution < 1.29 is 17.9 Å². The van der Waals surface area contributed by atoms with Gasteiger partial charge < -0.3 is 9.64 Å². The molecular weight excluding hydrogens is 376 g/mol. The predicted molar refractivity (Wildman–Crippen MR) is 100 cm³/mol. The van der Waals surface area contributed by atoms with Gasteiger partial charge in [0.25, 0.3) is 0 Å². The summed E-state index contributed by atoms with van der Waals surface area (Å²) in [5, 5.41) is 0.189. The molecule has 0 bridgehead atoms. The van der Waals surface area contributed by atoms with Crippen LogP contribution < -0.4 is 14.4 Å². The highest BCUT2D eigenvalue weighted by Gasteiger charge is 2.35. The molecule has 8 heteroatoms. The van der Waals surface area contributed by atoms with Crippen molar-refractivity contribution in [3.05, 3.63) is 53.1 Å². The minimum atomic E-state index is -3.87. The number of halogens is 1. The minimum absolute atomic E-state index is 0.00936. The quantitative estimate of drug-likeness (QED) is 0.846. The molecule has 1 fully saturated rings. The van der Waals surface area contributed by atoms with Crippen molar-refractivity contribution in [3.63, 3.8) is 0 Å². The predicted octanol–water partition coefficient (Wildman–Crippen LogP) is 2.74. The first kappa shape index (κ1) is 18.7. The summed E-state index contributed by atoms with van der Waals surface area (Å²) in [7, 11) is -2.43. The number of carbonyl (C=O) groups is 1. The molecule has 26 heavy (non-hydrogen) atoms. The number of benzene rings is 2. The van der Waals surface area contributed by atoms with Crippen molar-refractivity contribution in [3.8, 4) is 5.75 Å². The lowest BCUT2D eigenvalue weighted by Gasteiger charge is -2.17. The van der Waals surface area contributed by atoms with Crippen LogP contribution in [0.5, 0.6) is 5.75 Å². The monoisotopic (exact) mass is 394 g/mol. The first-order valence-electron chi connectivity index (χ1n) is 8.06. The highest BCUT2D eigenvalue weighted by molar-refractivity contribution is 7.89. The van der Waals surface area contributed by atoms with Crippen LogP contribution in [0.25, 0.3) is 0 Å². The zero-order valence-corrected chi connectivity index (χ0v) is 16.0. The van der Waals surface area contributed by atoms with Crippen LogP contribution in [0.3, 0.4) is 0 Å². The SMILES string of the molecule is COc1ccc(S(=O)(=O)NC2CCN(c3ccc(C)cc3)C2=O)cc1Cl. The highest BCUT2D eigenvalue weighted by atomic mass is 35.5. The molecule has 0 radical (unpaired) electrons. The van der Waals surface area contributed by atoms with Crippen LogP contribution in [0.2, 0.25) is 5.02 Å². The van der Waals surface area contributed by atoms with Gasteiger partial charge in [0.1, 0.15) is 11.8 Å². The fourth-order valence-corrected chi connectivity index (χ4v) is 4.41. The van der Waals surface area contributed by atoms with E-state index in [0.29, 0.717) is 18.7 Å². The number of amides is 1. The van der Waals surface area contributed by atoms with Crippen LogP contribution in [0, 0.1) is 6.92 Å². The van der Waals surface area contributed by atoms with Gasteiger partial charge in [-0.1, -0.05) is 29.3 Å². The third-order valence-electron chi connectivity index (χ3n) is 4.28. The van der Waals surface area contributed by atoms with Gasteiger partial charge in [-0.3, -0.25) is 4.79 Å². The Hall–Kier alpha value is -2.09. The van der Waals surface area contributed by atoms with Gasteiger partial charge >= 0.3 is 0 Å². The molecule has 1 unspecified atom stereocenters. The Kier molecular flexibility index (Phi) is 5.22. The van der Waals surface area contributed by atoms with E-state index in [1.165, 1.54) is 25.3 Å². The minimum Gasteiger partial charge on any atom is -0.495 e. The van der Waals surface area contributed by atoms with Gasteiger partial charge in [0.05, 0.1) is 17.0 Å². The lowest BCUT2D eigenvalue weighted by molar-refractivity contribution is -0.118. The molecule has 0 saturated carbocycles. The summed E-state index contributed by atoms with van der Waals surface area (Å²) < 4.78 is 32.7.